The molecule has 2 fully saturated rings. The fraction of sp³-hybridized carbons (Fsp3) is 0.647. The van der Waals surface area contributed by atoms with E-state index in [1.54, 1.807) is 6.26 Å². The maximum atomic E-state index is 6.15. The summed E-state index contributed by atoms with van der Waals surface area (Å²) in [5, 5.41) is 0. The highest BCUT2D eigenvalue weighted by molar-refractivity contribution is 6.77. The topological polar surface area (TPSA) is 31.6 Å². The molecule has 2 atom stereocenters. The molecule has 1 saturated heterocycles. The largest absolute Gasteiger partial charge is 0.558 e. The summed E-state index contributed by atoms with van der Waals surface area (Å²) in [6.07, 6.45) is 7.80. The Hall–Kier alpha value is -0.885. The van der Waals surface area contributed by atoms with Crippen LogP contribution in [0.1, 0.15) is 50.2 Å². The molecule has 2 aliphatic rings. The van der Waals surface area contributed by atoms with Gasteiger partial charge in [-0.2, -0.15) is 0 Å². The minimum atomic E-state index is -1.54. The van der Waals surface area contributed by atoms with Crippen molar-refractivity contribution in [2.45, 2.75) is 50.3 Å². The van der Waals surface area contributed by atoms with Crippen molar-refractivity contribution in [2.24, 2.45) is 0 Å². The molecular weight excluding hydrogens is 298 g/mol. The highest BCUT2D eigenvalue weighted by Crippen LogP contribution is 2.50. The van der Waals surface area contributed by atoms with E-state index in [1.807, 2.05) is 6.07 Å². The predicted octanol–water partition coefficient (Wildman–Crippen LogP) is 4.36. The van der Waals surface area contributed by atoms with E-state index in [4.69, 9.17) is 25.3 Å². The van der Waals surface area contributed by atoms with Gasteiger partial charge in [0.25, 0.3) is 0 Å². The summed E-state index contributed by atoms with van der Waals surface area (Å²) in [6.45, 7) is -0.0551. The number of alkyl halides is 1. The lowest BCUT2D eigenvalue weighted by atomic mass is 9.44. The van der Waals surface area contributed by atoms with Crippen LogP contribution in [-0.2, 0) is 9.31 Å². The Morgan fingerprint density at radius 3 is 2.82 bits per heavy atom. The molecule has 1 aliphatic carbocycles. The summed E-state index contributed by atoms with van der Waals surface area (Å²) in [6, 6.07) is 4.02. The lowest BCUT2D eigenvalue weighted by Gasteiger charge is -2.47. The van der Waals surface area contributed by atoms with Crippen LogP contribution in [0.4, 0.5) is 0 Å². The number of hydrogen-bond donors (Lipinski definition) is 0. The minimum absolute atomic E-state index is 0.301. The number of hydrogen-bond acceptors (Lipinski definition) is 3. The van der Waals surface area contributed by atoms with Crippen molar-refractivity contribution in [1.29, 1.82) is 0 Å². The fourth-order valence-electron chi connectivity index (χ4n) is 3.80. The van der Waals surface area contributed by atoms with Crippen molar-refractivity contribution >= 4 is 18.2 Å². The maximum Gasteiger partial charge on any atom is 0.318 e. The van der Waals surface area contributed by atoms with Crippen LogP contribution in [0.15, 0.2) is 22.8 Å². The van der Waals surface area contributed by atoms with E-state index in [0.717, 1.165) is 51.1 Å². The van der Waals surface area contributed by atoms with E-state index in [0.29, 0.717) is 17.6 Å². The highest BCUT2D eigenvalue weighted by atomic mass is 35.5. The molecule has 0 amide bonds. The van der Waals surface area contributed by atoms with Gasteiger partial charge in [0, 0.05) is 25.5 Å². The van der Waals surface area contributed by atoms with E-state index < -0.39 is 6.55 Å². The first-order valence-corrected chi connectivity index (χ1v) is 8.91. The summed E-state index contributed by atoms with van der Waals surface area (Å²) in [7, 11) is 0. The second-order valence-electron chi connectivity index (χ2n) is 6.20. The number of unbranched alkanes of at least 4 members (excludes halogenated alkanes) is 1. The second kappa shape index (κ2) is 7.59. The van der Waals surface area contributed by atoms with Gasteiger partial charge in [-0.05, 0) is 37.3 Å². The highest BCUT2D eigenvalue weighted by Gasteiger charge is 2.44. The van der Waals surface area contributed by atoms with Crippen LogP contribution in [-0.4, -0.2) is 25.6 Å². The van der Waals surface area contributed by atoms with Crippen molar-refractivity contribution in [1.82, 2.24) is 0 Å². The molecule has 5 heteroatoms. The van der Waals surface area contributed by atoms with Gasteiger partial charge in [0.1, 0.15) is 5.76 Å². The van der Waals surface area contributed by atoms with Crippen LogP contribution < -0.4 is 0 Å². The third kappa shape index (κ3) is 3.37. The average molecular weight is 322 g/mol. The first-order valence-electron chi connectivity index (χ1n) is 8.38. The summed E-state index contributed by atoms with van der Waals surface area (Å²) in [5.41, 5.74) is 0. The summed E-state index contributed by atoms with van der Waals surface area (Å²) in [5.74, 6) is 8.97. The van der Waals surface area contributed by atoms with E-state index in [9.17, 15) is 0 Å². The van der Waals surface area contributed by atoms with Gasteiger partial charge in [0.15, 0.2) is 0 Å². The van der Waals surface area contributed by atoms with Crippen LogP contribution in [0.25, 0.3) is 0 Å². The van der Waals surface area contributed by atoms with Gasteiger partial charge in [-0.3, -0.25) is 0 Å². The fourth-order valence-corrected chi connectivity index (χ4v) is 3.93. The third-order valence-corrected chi connectivity index (χ3v) is 5.07. The van der Waals surface area contributed by atoms with Crippen molar-refractivity contribution in [3.05, 3.63) is 24.2 Å². The van der Waals surface area contributed by atoms with E-state index in [2.05, 4.69) is 17.8 Å². The molecule has 3 rings (SSSR count). The Labute approximate surface area is 137 Å². The molecule has 120 valence electrons. The Morgan fingerprint density at radius 2 is 2.09 bits per heavy atom. The smallest absolute Gasteiger partial charge is 0.318 e. The predicted molar refractivity (Wildman–Crippen MR) is 89.1 cm³/mol. The number of halogens is 1. The van der Waals surface area contributed by atoms with Crippen molar-refractivity contribution in [3.63, 3.8) is 0 Å². The van der Waals surface area contributed by atoms with E-state index >= 15 is 0 Å². The third-order valence-electron chi connectivity index (χ3n) is 4.80. The molecule has 0 N–H and O–H groups in total. The van der Waals surface area contributed by atoms with E-state index in [-0.39, 0.29) is 0 Å². The van der Waals surface area contributed by atoms with Gasteiger partial charge in [-0.1, -0.05) is 18.7 Å². The zero-order valence-corrected chi connectivity index (χ0v) is 13.7. The molecule has 3 nitrogen and oxygen atoms in total. The molecule has 1 saturated carbocycles. The molecule has 0 aromatic carbocycles. The van der Waals surface area contributed by atoms with Crippen LogP contribution >= 0.6 is 11.6 Å². The molecule has 1 aromatic rings. The SMILES string of the molecule is ClCCCC#C[B-]1([C@H]2CCC[C@@H]2c2ccco2)OCCCO1. The van der Waals surface area contributed by atoms with Crippen molar-refractivity contribution in [3.8, 4) is 11.7 Å². The molecule has 0 unspecified atom stereocenters. The molecule has 0 spiro atoms. The molecule has 2 heterocycles. The van der Waals surface area contributed by atoms with Gasteiger partial charge in [-0.15, -0.1) is 17.5 Å². The zero-order chi connectivity index (χ0) is 15.3. The second-order valence-corrected chi connectivity index (χ2v) is 6.57. The number of furan rings is 1. The Kier molecular flexibility index (Phi) is 5.52. The first kappa shape index (κ1) is 16.0. The molecule has 0 bridgehead atoms. The van der Waals surface area contributed by atoms with Crippen molar-refractivity contribution in [2.75, 3.05) is 19.1 Å². The van der Waals surface area contributed by atoms with Crippen LogP contribution in [0.3, 0.4) is 0 Å². The van der Waals surface area contributed by atoms with Crippen molar-refractivity contribution < 1.29 is 13.7 Å². The van der Waals surface area contributed by atoms with Crippen LogP contribution in [0.5, 0.6) is 0 Å². The Morgan fingerprint density at radius 1 is 1.23 bits per heavy atom. The lowest BCUT2D eigenvalue weighted by Crippen LogP contribution is -2.50. The Bertz CT molecular complexity index is 514. The molecular formula is C17H23BClO3-. The monoisotopic (exact) mass is 321 g/mol. The van der Waals surface area contributed by atoms with Gasteiger partial charge in [0.05, 0.1) is 6.26 Å². The lowest BCUT2D eigenvalue weighted by molar-refractivity contribution is 0.110. The standard InChI is InChI=1S/C17H23BClO3/c19-11-3-1-2-10-18(21-13-6-14-22-18)16-8-4-7-15(16)17-9-5-12-20-17/h5,9,12,15-16H,1,3-4,6-8,11,13-14H2/q-1/t15-,16-/m0/s1. The molecule has 1 aliphatic heterocycles. The number of rotatable bonds is 4. The summed E-state index contributed by atoms with van der Waals surface area (Å²) in [4.78, 5) is 0. The quantitative estimate of drug-likeness (QED) is 0.357. The van der Waals surface area contributed by atoms with Gasteiger partial charge in [-0.25, -0.2) is 5.82 Å². The molecule has 1 aromatic heterocycles. The normalized spacial score (nSPS) is 27.3. The van der Waals surface area contributed by atoms with Gasteiger partial charge >= 0.3 is 6.55 Å². The molecule has 22 heavy (non-hydrogen) atoms. The zero-order valence-electron chi connectivity index (χ0n) is 12.9. The van der Waals surface area contributed by atoms with E-state index in [1.165, 1.54) is 6.42 Å². The minimum Gasteiger partial charge on any atom is -0.558 e. The first-order chi connectivity index (χ1) is 10.9. The average Bonchev–Trinajstić information content (AvgIpc) is 3.23. The summed E-state index contributed by atoms with van der Waals surface area (Å²) < 4.78 is 18.0. The van der Waals surface area contributed by atoms with Gasteiger partial charge in [0.2, 0.25) is 0 Å². The van der Waals surface area contributed by atoms with Crippen LogP contribution in [0.2, 0.25) is 5.82 Å². The summed E-state index contributed by atoms with van der Waals surface area (Å²) >= 11 is 5.74. The van der Waals surface area contributed by atoms with Crippen LogP contribution in [0, 0.1) is 11.7 Å². The maximum absolute atomic E-state index is 6.15. The van der Waals surface area contributed by atoms with Gasteiger partial charge < -0.3 is 13.7 Å². The molecule has 0 radical (unpaired) electrons. The Balaban J connectivity index is 1.82.